The summed E-state index contributed by atoms with van der Waals surface area (Å²) in [5, 5.41) is 13.4. The molecule has 0 bridgehead atoms. The van der Waals surface area contributed by atoms with Crippen molar-refractivity contribution in [3.05, 3.63) is 57.1 Å². The molecule has 0 saturated heterocycles. The summed E-state index contributed by atoms with van der Waals surface area (Å²) >= 11 is 5.96. The van der Waals surface area contributed by atoms with E-state index in [1.54, 1.807) is 12.1 Å². The van der Waals surface area contributed by atoms with Crippen LogP contribution in [0.4, 0.5) is 11.4 Å². The molecule has 0 aliphatic heterocycles. The van der Waals surface area contributed by atoms with Gasteiger partial charge in [-0.25, -0.2) is 4.79 Å². The summed E-state index contributed by atoms with van der Waals surface area (Å²) in [4.78, 5) is 34.8. The van der Waals surface area contributed by atoms with Gasteiger partial charge in [-0.05, 0) is 25.1 Å². The van der Waals surface area contributed by atoms with Crippen molar-refractivity contribution in [3.8, 4) is 17.2 Å². The molecule has 0 saturated carbocycles. The highest BCUT2D eigenvalue weighted by molar-refractivity contribution is 6.33. The molecule has 0 aliphatic rings. The second-order valence-electron chi connectivity index (χ2n) is 6.27. The lowest BCUT2D eigenvalue weighted by Gasteiger charge is -2.13. The van der Waals surface area contributed by atoms with Crippen molar-refractivity contribution in [2.75, 3.05) is 26.6 Å². The molecule has 0 fully saturated rings. The van der Waals surface area contributed by atoms with E-state index in [4.69, 9.17) is 30.5 Å². The molecule has 2 aromatic carbocycles. The second kappa shape index (κ2) is 11.0. The zero-order valence-electron chi connectivity index (χ0n) is 17.7. The third-order valence-electron chi connectivity index (χ3n) is 4.22. The van der Waals surface area contributed by atoms with Crippen molar-refractivity contribution in [1.82, 2.24) is 0 Å². The monoisotopic (exact) mass is 464 g/mol. The Morgan fingerprint density at radius 3 is 2.28 bits per heavy atom. The van der Waals surface area contributed by atoms with Crippen LogP contribution in [0.1, 0.15) is 12.5 Å². The maximum atomic E-state index is 12.3. The van der Waals surface area contributed by atoms with Gasteiger partial charge in [0.2, 0.25) is 0 Å². The average Bonchev–Trinajstić information content (AvgIpc) is 2.77. The molecule has 11 heteroatoms. The molecular formula is C21H21ClN2O8. The Bertz CT molecular complexity index is 1050. The smallest absolute Gasteiger partial charge is 0.331 e. The van der Waals surface area contributed by atoms with Crippen molar-refractivity contribution >= 4 is 40.9 Å². The van der Waals surface area contributed by atoms with Gasteiger partial charge in [-0.1, -0.05) is 11.6 Å². The molecular weight excluding hydrogens is 444 g/mol. The topological polar surface area (TPSA) is 126 Å². The highest BCUT2D eigenvalue weighted by Crippen LogP contribution is 2.35. The molecule has 1 N–H and O–H groups in total. The number of carbonyl (C=O) groups is 2. The lowest BCUT2D eigenvalue weighted by Crippen LogP contribution is -2.29. The van der Waals surface area contributed by atoms with Crippen molar-refractivity contribution in [3.63, 3.8) is 0 Å². The fourth-order valence-corrected chi connectivity index (χ4v) is 2.73. The number of non-ortho nitro benzene ring substituents is 1. The fraction of sp³-hybridized carbons (Fsp3) is 0.238. The molecule has 0 aliphatic carbocycles. The third-order valence-corrected chi connectivity index (χ3v) is 4.55. The second-order valence-corrected chi connectivity index (χ2v) is 6.68. The van der Waals surface area contributed by atoms with Gasteiger partial charge in [-0.2, -0.15) is 0 Å². The van der Waals surface area contributed by atoms with Crippen LogP contribution < -0.4 is 19.5 Å². The number of nitro groups is 1. The molecule has 1 unspecified atom stereocenters. The normalized spacial score (nSPS) is 11.5. The minimum Gasteiger partial charge on any atom is -0.496 e. The molecule has 0 heterocycles. The summed E-state index contributed by atoms with van der Waals surface area (Å²) in [6, 6.07) is 6.81. The fourth-order valence-electron chi connectivity index (χ4n) is 2.56. The number of nitro benzene ring substituents is 1. The zero-order valence-corrected chi connectivity index (χ0v) is 18.5. The van der Waals surface area contributed by atoms with Gasteiger partial charge in [0.1, 0.15) is 5.75 Å². The van der Waals surface area contributed by atoms with Crippen LogP contribution in [0, 0.1) is 10.1 Å². The van der Waals surface area contributed by atoms with Crippen LogP contribution >= 0.6 is 11.6 Å². The van der Waals surface area contributed by atoms with E-state index in [-0.39, 0.29) is 16.4 Å². The maximum Gasteiger partial charge on any atom is 0.331 e. The first-order chi connectivity index (χ1) is 15.2. The Balaban J connectivity index is 2.08. The summed E-state index contributed by atoms with van der Waals surface area (Å²) in [6.07, 6.45) is 1.36. The average molecular weight is 465 g/mol. The Labute approximate surface area is 188 Å². The predicted molar refractivity (Wildman–Crippen MR) is 117 cm³/mol. The van der Waals surface area contributed by atoms with Gasteiger partial charge in [-0.3, -0.25) is 14.9 Å². The minimum atomic E-state index is -1.20. The molecule has 2 aromatic rings. The number of hydrogen-bond donors (Lipinski definition) is 1. The molecule has 170 valence electrons. The van der Waals surface area contributed by atoms with Crippen molar-refractivity contribution in [1.29, 1.82) is 0 Å². The Morgan fingerprint density at radius 1 is 1.06 bits per heavy atom. The van der Waals surface area contributed by atoms with Crippen LogP contribution in [0.25, 0.3) is 6.08 Å². The largest absolute Gasteiger partial charge is 0.496 e. The number of methoxy groups -OCH3 is 3. The summed E-state index contributed by atoms with van der Waals surface area (Å²) in [7, 11) is 4.42. The van der Waals surface area contributed by atoms with Crippen molar-refractivity contribution in [2.45, 2.75) is 13.0 Å². The number of hydrogen-bond acceptors (Lipinski definition) is 8. The number of anilines is 1. The highest BCUT2D eigenvalue weighted by atomic mass is 35.5. The van der Waals surface area contributed by atoms with E-state index in [1.165, 1.54) is 46.5 Å². The number of esters is 1. The van der Waals surface area contributed by atoms with Crippen LogP contribution in [0.3, 0.4) is 0 Å². The van der Waals surface area contributed by atoms with Crippen LogP contribution in [-0.2, 0) is 14.3 Å². The van der Waals surface area contributed by atoms with E-state index < -0.39 is 22.9 Å². The SMILES string of the molecule is COc1cc(OC)c(OC)cc1/C=C/C(=O)OC(C)C(=O)Nc1cc([N+](=O)[O-])ccc1Cl. The number of rotatable bonds is 9. The number of nitrogens with zero attached hydrogens (tertiary/aromatic N) is 1. The number of ether oxygens (including phenoxy) is 4. The first-order valence-corrected chi connectivity index (χ1v) is 9.51. The standard InChI is InChI=1S/C21H21ClN2O8/c1-12(21(26)23-16-10-14(24(27)28)6-7-15(16)22)32-20(25)8-5-13-9-18(30-3)19(31-4)11-17(13)29-2/h5-12H,1-4H3,(H,23,26)/b8-5+. The van der Waals surface area contributed by atoms with Gasteiger partial charge in [0, 0.05) is 29.8 Å². The van der Waals surface area contributed by atoms with E-state index in [0.29, 0.717) is 22.8 Å². The molecule has 0 radical (unpaired) electrons. The number of carbonyl (C=O) groups excluding carboxylic acids is 2. The number of nitrogens with one attached hydrogen (secondary N) is 1. The Kier molecular flexibility index (Phi) is 8.42. The molecule has 1 amide bonds. The van der Waals surface area contributed by atoms with Crippen LogP contribution in [0.2, 0.25) is 5.02 Å². The van der Waals surface area contributed by atoms with Crippen molar-refractivity contribution in [2.24, 2.45) is 0 Å². The van der Waals surface area contributed by atoms with E-state index in [9.17, 15) is 19.7 Å². The molecule has 2 rings (SSSR count). The van der Waals surface area contributed by atoms with Gasteiger partial charge in [-0.15, -0.1) is 0 Å². The Hall–Kier alpha value is -3.79. The Morgan fingerprint density at radius 2 is 1.69 bits per heavy atom. The van der Waals surface area contributed by atoms with E-state index in [2.05, 4.69) is 5.32 Å². The molecule has 32 heavy (non-hydrogen) atoms. The zero-order chi connectivity index (χ0) is 23.8. The lowest BCUT2D eigenvalue weighted by molar-refractivity contribution is -0.384. The van der Waals surface area contributed by atoms with Gasteiger partial charge < -0.3 is 24.3 Å². The first kappa shape index (κ1) is 24.5. The third kappa shape index (κ3) is 6.11. The summed E-state index contributed by atoms with van der Waals surface area (Å²) in [5.41, 5.74) is 0.295. The first-order valence-electron chi connectivity index (χ1n) is 9.13. The van der Waals surface area contributed by atoms with Crippen LogP contribution in [-0.4, -0.2) is 44.2 Å². The number of benzene rings is 2. The molecule has 0 aromatic heterocycles. The summed E-state index contributed by atoms with van der Waals surface area (Å²) in [6.45, 7) is 1.35. The molecule has 1 atom stereocenters. The van der Waals surface area contributed by atoms with Gasteiger partial charge in [0.05, 0.1) is 37.0 Å². The lowest BCUT2D eigenvalue weighted by atomic mass is 10.1. The highest BCUT2D eigenvalue weighted by Gasteiger charge is 2.19. The van der Waals surface area contributed by atoms with Gasteiger partial charge >= 0.3 is 5.97 Å². The van der Waals surface area contributed by atoms with Crippen LogP contribution in [0.5, 0.6) is 17.2 Å². The van der Waals surface area contributed by atoms with E-state index in [0.717, 1.165) is 12.1 Å². The van der Waals surface area contributed by atoms with E-state index in [1.807, 2.05) is 0 Å². The predicted octanol–water partition coefficient (Wildman–Crippen LogP) is 3.86. The maximum absolute atomic E-state index is 12.3. The number of amides is 1. The van der Waals surface area contributed by atoms with Crippen molar-refractivity contribution < 1.29 is 33.5 Å². The van der Waals surface area contributed by atoms with Crippen LogP contribution in [0.15, 0.2) is 36.4 Å². The van der Waals surface area contributed by atoms with E-state index >= 15 is 0 Å². The summed E-state index contributed by atoms with van der Waals surface area (Å²) < 4.78 is 20.8. The van der Waals surface area contributed by atoms with Gasteiger partial charge in [0.15, 0.2) is 17.6 Å². The minimum absolute atomic E-state index is 0.0272. The molecule has 0 spiro atoms. The quantitative estimate of drug-likeness (QED) is 0.256. The number of halogens is 1. The summed E-state index contributed by atoms with van der Waals surface area (Å²) in [5.74, 6) is -0.192. The van der Waals surface area contributed by atoms with Gasteiger partial charge in [0.25, 0.3) is 11.6 Å². The molecule has 10 nitrogen and oxygen atoms in total.